The maximum absolute atomic E-state index is 14.1. The number of likely N-dealkylation sites (tertiary alicyclic amines) is 1. The van der Waals surface area contributed by atoms with E-state index in [0.717, 1.165) is 32.1 Å². The lowest BCUT2D eigenvalue weighted by molar-refractivity contribution is -0.148. The highest BCUT2D eigenvalue weighted by atomic mass is 16.3. The van der Waals surface area contributed by atoms with Crippen LogP contribution in [0.5, 0.6) is 0 Å². The van der Waals surface area contributed by atoms with E-state index >= 15 is 0 Å². The highest BCUT2D eigenvalue weighted by Crippen LogP contribution is 2.44. The monoisotopic (exact) mass is 533 g/mol. The summed E-state index contributed by atoms with van der Waals surface area (Å²) in [4.78, 5) is 55.3. The Morgan fingerprint density at radius 3 is 2.24 bits per heavy atom. The van der Waals surface area contributed by atoms with E-state index in [4.69, 9.17) is 0 Å². The van der Waals surface area contributed by atoms with Crippen molar-refractivity contribution >= 4 is 23.5 Å². The SMILES string of the molecule is CCCC(NC(=O)[C@@H]1[C@H]2CCC[C@H]2CN1C(=O)[C@H](CC(=O)[C@@H](C)C(C)C)C(C)(C)C)C(O)C(=O)NC1CC1. The van der Waals surface area contributed by atoms with Crippen molar-refractivity contribution in [3.8, 4) is 0 Å². The number of carbonyl (C=O) groups excluding carboxylic acids is 4. The van der Waals surface area contributed by atoms with Crippen LogP contribution in [0.2, 0.25) is 0 Å². The molecule has 8 nitrogen and oxygen atoms in total. The molecule has 1 saturated heterocycles. The Morgan fingerprint density at radius 2 is 1.68 bits per heavy atom. The summed E-state index contributed by atoms with van der Waals surface area (Å²) in [6.45, 7) is 14.4. The number of fused-ring (bicyclic) bond motifs is 1. The van der Waals surface area contributed by atoms with Crippen LogP contribution in [0.25, 0.3) is 0 Å². The molecule has 3 rings (SSSR count). The van der Waals surface area contributed by atoms with Crippen LogP contribution < -0.4 is 10.6 Å². The number of carbonyl (C=O) groups is 4. The molecule has 2 aliphatic carbocycles. The molecule has 3 fully saturated rings. The summed E-state index contributed by atoms with van der Waals surface area (Å²) in [7, 11) is 0. The van der Waals surface area contributed by atoms with Crippen LogP contribution in [0.4, 0.5) is 0 Å². The fraction of sp³-hybridized carbons (Fsp3) is 0.867. The number of aliphatic hydroxyl groups is 1. The molecule has 3 amide bonds. The first-order valence-corrected chi connectivity index (χ1v) is 14.9. The Hall–Kier alpha value is -1.96. The molecular formula is C30H51N3O5. The first-order valence-electron chi connectivity index (χ1n) is 14.9. The molecule has 3 N–H and O–H groups in total. The molecule has 0 radical (unpaired) electrons. The third-order valence-corrected chi connectivity index (χ3v) is 9.20. The number of Topliss-reactive ketones (excluding diaryl/α,β-unsaturated/α-hetero) is 1. The quantitative estimate of drug-likeness (QED) is 0.355. The van der Waals surface area contributed by atoms with Crippen molar-refractivity contribution in [2.45, 2.75) is 124 Å². The molecule has 7 atom stereocenters. The van der Waals surface area contributed by atoms with E-state index in [1.807, 2.05) is 48.5 Å². The summed E-state index contributed by atoms with van der Waals surface area (Å²) in [6.07, 6.45) is 4.71. The third-order valence-electron chi connectivity index (χ3n) is 9.20. The molecule has 0 aromatic rings. The van der Waals surface area contributed by atoms with Crippen molar-refractivity contribution in [2.75, 3.05) is 6.54 Å². The van der Waals surface area contributed by atoms with Crippen LogP contribution >= 0.6 is 0 Å². The Labute approximate surface area is 229 Å². The minimum absolute atomic E-state index is 0.0598. The van der Waals surface area contributed by atoms with Gasteiger partial charge in [0.25, 0.3) is 5.91 Å². The predicted molar refractivity (Wildman–Crippen MR) is 147 cm³/mol. The number of nitrogens with one attached hydrogen (secondary N) is 2. The van der Waals surface area contributed by atoms with Crippen LogP contribution in [0.15, 0.2) is 0 Å². The maximum Gasteiger partial charge on any atom is 0.251 e. The lowest BCUT2D eigenvalue weighted by atomic mass is 9.74. The van der Waals surface area contributed by atoms with E-state index in [1.165, 1.54) is 0 Å². The summed E-state index contributed by atoms with van der Waals surface area (Å²) in [5.41, 5.74) is -0.440. The fourth-order valence-corrected chi connectivity index (χ4v) is 6.18. The Balaban J connectivity index is 1.81. The Bertz CT molecular complexity index is 878. The van der Waals surface area contributed by atoms with E-state index in [1.54, 1.807) is 4.90 Å². The molecule has 0 bridgehead atoms. The van der Waals surface area contributed by atoms with E-state index in [2.05, 4.69) is 10.6 Å². The van der Waals surface area contributed by atoms with Crippen molar-refractivity contribution in [2.24, 2.45) is 35.0 Å². The number of hydrogen-bond donors (Lipinski definition) is 3. The van der Waals surface area contributed by atoms with E-state index in [0.29, 0.717) is 19.4 Å². The average molecular weight is 534 g/mol. The van der Waals surface area contributed by atoms with Gasteiger partial charge in [-0.25, -0.2) is 0 Å². The highest BCUT2D eigenvalue weighted by molar-refractivity contribution is 5.93. The second-order valence-corrected chi connectivity index (χ2v) is 13.5. The van der Waals surface area contributed by atoms with Crippen molar-refractivity contribution in [1.29, 1.82) is 0 Å². The Morgan fingerprint density at radius 1 is 1.03 bits per heavy atom. The van der Waals surface area contributed by atoms with E-state index in [-0.39, 0.29) is 53.7 Å². The molecule has 3 aliphatic rings. The van der Waals surface area contributed by atoms with Gasteiger partial charge in [-0.15, -0.1) is 0 Å². The zero-order chi connectivity index (χ0) is 28.4. The number of hydrogen-bond acceptors (Lipinski definition) is 5. The van der Waals surface area contributed by atoms with Crippen molar-refractivity contribution in [3.63, 3.8) is 0 Å². The molecule has 0 spiro atoms. The normalized spacial score (nSPS) is 26.4. The second-order valence-electron chi connectivity index (χ2n) is 13.5. The second kappa shape index (κ2) is 12.5. The number of aliphatic hydroxyl groups excluding tert-OH is 1. The van der Waals surface area contributed by atoms with Gasteiger partial charge in [-0.2, -0.15) is 0 Å². The van der Waals surface area contributed by atoms with Gasteiger partial charge >= 0.3 is 0 Å². The van der Waals surface area contributed by atoms with Crippen LogP contribution in [0.3, 0.4) is 0 Å². The summed E-state index contributed by atoms with van der Waals surface area (Å²) < 4.78 is 0. The van der Waals surface area contributed by atoms with Gasteiger partial charge in [0.1, 0.15) is 11.8 Å². The van der Waals surface area contributed by atoms with Gasteiger partial charge in [0.2, 0.25) is 11.8 Å². The predicted octanol–water partition coefficient (Wildman–Crippen LogP) is 3.45. The van der Waals surface area contributed by atoms with E-state index < -0.39 is 35.4 Å². The minimum atomic E-state index is -1.33. The van der Waals surface area contributed by atoms with Gasteiger partial charge in [-0.3, -0.25) is 19.2 Å². The van der Waals surface area contributed by atoms with Crippen molar-refractivity contribution in [1.82, 2.24) is 15.5 Å². The van der Waals surface area contributed by atoms with Gasteiger partial charge in [0, 0.05) is 30.8 Å². The zero-order valence-corrected chi connectivity index (χ0v) is 24.6. The summed E-state index contributed by atoms with van der Waals surface area (Å²) >= 11 is 0. The maximum atomic E-state index is 14.1. The standard InChI is InChI=1S/C30H51N3O5/c1-8-10-23(26(35)28(37)31-20-13-14-20)32-27(36)25-21-12-9-11-19(21)16-33(25)29(38)22(30(5,6)7)15-24(34)18(4)17(2)3/h17-23,25-26,35H,8-16H2,1-7H3,(H,31,37)(H,32,36)/t18-,19-,21-,22-,23?,25-,26?/m0/s1. The summed E-state index contributed by atoms with van der Waals surface area (Å²) in [5, 5.41) is 16.6. The smallest absolute Gasteiger partial charge is 0.251 e. The van der Waals surface area contributed by atoms with Crippen LogP contribution in [0, 0.1) is 35.0 Å². The summed E-state index contributed by atoms with van der Waals surface area (Å²) in [6, 6.07) is -1.24. The van der Waals surface area contributed by atoms with Gasteiger partial charge < -0.3 is 20.6 Å². The molecule has 38 heavy (non-hydrogen) atoms. The first kappa shape index (κ1) is 30.6. The molecule has 0 aromatic carbocycles. The van der Waals surface area contributed by atoms with E-state index in [9.17, 15) is 24.3 Å². The lowest BCUT2D eigenvalue weighted by Gasteiger charge is -2.37. The molecule has 0 aromatic heterocycles. The molecule has 8 heteroatoms. The van der Waals surface area contributed by atoms with Gasteiger partial charge in [0.05, 0.1) is 6.04 Å². The minimum Gasteiger partial charge on any atom is -0.381 e. The molecule has 1 heterocycles. The largest absolute Gasteiger partial charge is 0.381 e. The lowest BCUT2D eigenvalue weighted by Crippen LogP contribution is -2.57. The molecule has 2 saturated carbocycles. The molecule has 216 valence electrons. The topological polar surface area (TPSA) is 116 Å². The summed E-state index contributed by atoms with van der Waals surface area (Å²) in [5.74, 6) is -0.930. The number of ketones is 1. The zero-order valence-electron chi connectivity index (χ0n) is 24.6. The van der Waals surface area contributed by atoms with Gasteiger partial charge in [0.15, 0.2) is 6.10 Å². The molecule has 2 unspecified atom stereocenters. The average Bonchev–Trinajstić information content (AvgIpc) is 3.40. The first-order chi connectivity index (χ1) is 17.8. The molecule has 1 aliphatic heterocycles. The third kappa shape index (κ3) is 7.16. The van der Waals surface area contributed by atoms with Crippen molar-refractivity contribution in [3.05, 3.63) is 0 Å². The highest BCUT2D eigenvalue weighted by Gasteiger charge is 2.52. The Kier molecular flexibility index (Phi) is 10.0. The number of nitrogens with zero attached hydrogens (tertiary/aromatic N) is 1. The van der Waals surface area contributed by atoms with Crippen LogP contribution in [0.1, 0.15) is 99.8 Å². The van der Waals surface area contributed by atoms with Gasteiger partial charge in [-0.1, -0.05) is 61.3 Å². The number of amides is 3. The van der Waals surface area contributed by atoms with Crippen molar-refractivity contribution < 1.29 is 24.3 Å². The molecular weight excluding hydrogens is 482 g/mol. The van der Waals surface area contributed by atoms with Crippen LogP contribution in [-0.2, 0) is 19.2 Å². The number of rotatable bonds is 12. The van der Waals surface area contributed by atoms with Gasteiger partial charge in [-0.05, 0) is 55.3 Å². The fourth-order valence-electron chi connectivity index (χ4n) is 6.18. The van der Waals surface area contributed by atoms with Crippen LogP contribution in [-0.4, -0.2) is 64.3 Å².